The first kappa shape index (κ1) is 10.7. The Labute approximate surface area is 83.6 Å². The van der Waals surface area contributed by atoms with Gasteiger partial charge < -0.3 is 10.8 Å². The van der Waals surface area contributed by atoms with Gasteiger partial charge in [0.15, 0.2) is 0 Å². The lowest BCUT2D eigenvalue weighted by Gasteiger charge is -2.19. The summed E-state index contributed by atoms with van der Waals surface area (Å²) in [5.74, 6) is -1.05. The minimum atomic E-state index is -0.944. The Morgan fingerprint density at radius 2 is 2.00 bits per heavy atom. The zero-order valence-electron chi connectivity index (χ0n) is 8.18. The van der Waals surface area contributed by atoms with Crippen LogP contribution in [0, 0.1) is 0 Å². The maximum absolute atomic E-state index is 10.7. The van der Waals surface area contributed by atoms with Crippen LogP contribution in [0.2, 0.25) is 0 Å². The lowest BCUT2D eigenvalue weighted by atomic mass is 9.90. The van der Waals surface area contributed by atoms with Gasteiger partial charge in [0.1, 0.15) is 6.04 Å². The van der Waals surface area contributed by atoms with Crippen molar-refractivity contribution in [1.29, 1.82) is 0 Å². The van der Waals surface area contributed by atoms with E-state index in [-0.39, 0.29) is 5.92 Å². The first-order valence-electron chi connectivity index (χ1n) is 4.70. The molecule has 2 atom stereocenters. The highest BCUT2D eigenvalue weighted by Crippen LogP contribution is 2.21. The normalized spacial score (nSPS) is 14.7. The first-order valence-corrected chi connectivity index (χ1v) is 4.70. The largest absolute Gasteiger partial charge is 0.480 e. The third-order valence-electron chi connectivity index (χ3n) is 2.39. The zero-order chi connectivity index (χ0) is 10.6. The van der Waals surface area contributed by atoms with Crippen LogP contribution in [-0.2, 0) is 4.79 Å². The smallest absolute Gasteiger partial charge is 0.321 e. The fraction of sp³-hybridized carbons (Fsp3) is 0.364. The van der Waals surface area contributed by atoms with Gasteiger partial charge in [-0.3, -0.25) is 4.79 Å². The highest BCUT2D eigenvalue weighted by Gasteiger charge is 2.23. The molecule has 0 amide bonds. The maximum atomic E-state index is 10.7. The summed E-state index contributed by atoms with van der Waals surface area (Å²) in [6.07, 6.45) is 0.734. The molecule has 0 aromatic heterocycles. The second-order valence-corrected chi connectivity index (χ2v) is 3.29. The number of nitrogens with two attached hydrogens (primary N) is 1. The molecule has 3 nitrogen and oxygen atoms in total. The van der Waals surface area contributed by atoms with Gasteiger partial charge in [0.25, 0.3) is 0 Å². The predicted molar refractivity (Wildman–Crippen MR) is 55.1 cm³/mol. The molecule has 0 radical (unpaired) electrons. The third kappa shape index (κ3) is 2.33. The molecule has 0 aliphatic rings. The van der Waals surface area contributed by atoms with E-state index in [0.29, 0.717) is 0 Å². The van der Waals surface area contributed by atoms with E-state index in [0.717, 1.165) is 12.0 Å². The summed E-state index contributed by atoms with van der Waals surface area (Å²) in [4.78, 5) is 10.7. The monoisotopic (exact) mass is 193 g/mol. The van der Waals surface area contributed by atoms with Gasteiger partial charge in [-0.2, -0.15) is 0 Å². The fourth-order valence-electron chi connectivity index (χ4n) is 1.57. The quantitative estimate of drug-likeness (QED) is 0.763. The van der Waals surface area contributed by atoms with Crippen LogP contribution in [0.25, 0.3) is 0 Å². The van der Waals surface area contributed by atoms with Crippen LogP contribution in [0.5, 0.6) is 0 Å². The SMILES string of the molecule is CC[C@@H](c1ccccc1)[C@H](N)C(=O)O. The Hall–Kier alpha value is -1.35. The molecule has 0 heterocycles. The molecule has 0 unspecified atom stereocenters. The second kappa shape index (κ2) is 4.77. The lowest BCUT2D eigenvalue weighted by Crippen LogP contribution is -2.36. The number of hydrogen-bond donors (Lipinski definition) is 2. The molecule has 0 aliphatic heterocycles. The molecule has 3 heteroatoms. The van der Waals surface area contributed by atoms with Crippen molar-refractivity contribution < 1.29 is 9.90 Å². The van der Waals surface area contributed by atoms with E-state index in [1.165, 1.54) is 0 Å². The van der Waals surface area contributed by atoms with E-state index in [4.69, 9.17) is 10.8 Å². The van der Waals surface area contributed by atoms with Gasteiger partial charge in [-0.05, 0) is 12.0 Å². The fourth-order valence-corrected chi connectivity index (χ4v) is 1.57. The van der Waals surface area contributed by atoms with Crippen molar-refractivity contribution in [2.24, 2.45) is 5.73 Å². The van der Waals surface area contributed by atoms with E-state index in [9.17, 15) is 4.79 Å². The number of carboxylic acid groups (broad SMARTS) is 1. The molecule has 14 heavy (non-hydrogen) atoms. The second-order valence-electron chi connectivity index (χ2n) is 3.29. The molecule has 0 spiro atoms. The molecular weight excluding hydrogens is 178 g/mol. The van der Waals surface area contributed by atoms with Crippen LogP contribution in [0.15, 0.2) is 30.3 Å². The minimum absolute atomic E-state index is 0.103. The topological polar surface area (TPSA) is 63.3 Å². The van der Waals surface area contributed by atoms with Crippen LogP contribution < -0.4 is 5.73 Å². The highest BCUT2D eigenvalue weighted by molar-refractivity contribution is 5.74. The Bertz CT molecular complexity index is 297. The standard InChI is InChI=1S/C11H15NO2/c1-2-9(10(12)11(13)14)8-6-4-3-5-7-8/h3-7,9-10H,2,12H2,1H3,(H,13,14)/t9-,10-/m0/s1. The van der Waals surface area contributed by atoms with E-state index in [1.54, 1.807) is 0 Å². The summed E-state index contributed by atoms with van der Waals surface area (Å²) < 4.78 is 0. The number of carbonyl (C=O) groups is 1. The summed E-state index contributed by atoms with van der Waals surface area (Å²) in [6.45, 7) is 1.94. The van der Waals surface area contributed by atoms with Crippen molar-refractivity contribution in [3.05, 3.63) is 35.9 Å². The zero-order valence-corrected chi connectivity index (χ0v) is 8.18. The van der Waals surface area contributed by atoms with Gasteiger partial charge in [-0.1, -0.05) is 37.3 Å². The van der Waals surface area contributed by atoms with Crippen LogP contribution in [0.1, 0.15) is 24.8 Å². The molecule has 1 rings (SSSR count). The third-order valence-corrected chi connectivity index (χ3v) is 2.39. The predicted octanol–water partition coefficient (Wildman–Crippen LogP) is 1.59. The van der Waals surface area contributed by atoms with E-state index in [2.05, 4.69) is 0 Å². The number of carboxylic acids is 1. The van der Waals surface area contributed by atoms with Crippen molar-refractivity contribution in [3.8, 4) is 0 Å². The molecule has 0 fully saturated rings. The van der Waals surface area contributed by atoms with Crippen molar-refractivity contribution in [3.63, 3.8) is 0 Å². The molecule has 0 saturated heterocycles. The summed E-state index contributed by atoms with van der Waals surface area (Å²) >= 11 is 0. The molecule has 0 bridgehead atoms. The Morgan fingerprint density at radius 1 is 1.43 bits per heavy atom. The number of rotatable bonds is 4. The maximum Gasteiger partial charge on any atom is 0.321 e. The van der Waals surface area contributed by atoms with E-state index in [1.807, 2.05) is 37.3 Å². The van der Waals surface area contributed by atoms with Gasteiger partial charge in [0.2, 0.25) is 0 Å². The molecule has 0 aliphatic carbocycles. The molecule has 76 valence electrons. The Kier molecular flexibility index (Phi) is 3.65. The summed E-state index contributed by atoms with van der Waals surface area (Å²) in [5.41, 5.74) is 6.59. The van der Waals surface area contributed by atoms with Crippen LogP contribution in [0.3, 0.4) is 0 Å². The highest BCUT2D eigenvalue weighted by atomic mass is 16.4. The summed E-state index contributed by atoms with van der Waals surface area (Å²) in [6, 6.07) is 8.71. The van der Waals surface area contributed by atoms with E-state index < -0.39 is 12.0 Å². The average molecular weight is 193 g/mol. The Morgan fingerprint density at radius 3 is 2.43 bits per heavy atom. The van der Waals surface area contributed by atoms with E-state index >= 15 is 0 Å². The number of benzene rings is 1. The molecule has 3 N–H and O–H groups in total. The Balaban J connectivity index is 2.87. The number of hydrogen-bond acceptors (Lipinski definition) is 2. The molecule has 1 aromatic rings. The lowest BCUT2D eigenvalue weighted by molar-refractivity contribution is -0.139. The summed E-state index contributed by atoms with van der Waals surface area (Å²) in [5, 5.41) is 8.82. The number of aliphatic carboxylic acids is 1. The molecule has 0 saturated carbocycles. The van der Waals surface area contributed by atoms with Gasteiger partial charge in [0, 0.05) is 5.92 Å². The van der Waals surface area contributed by atoms with Crippen molar-refractivity contribution in [2.45, 2.75) is 25.3 Å². The van der Waals surface area contributed by atoms with Crippen molar-refractivity contribution in [1.82, 2.24) is 0 Å². The van der Waals surface area contributed by atoms with Crippen molar-refractivity contribution in [2.75, 3.05) is 0 Å². The molecule has 1 aromatic carbocycles. The van der Waals surface area contributed by atoms with Crippen LogP contribution in [-0.4, -0.2) is 17.1 Å². The van der Waals surface area contributed by atoms with Gasteiger partial charge in [0.05, 0.1) is 0 Å². The van der Waals surface area contributed by atoms with Gasteiger partial charge in [-0.15, -0.1) is 0 Å². The van der Waals surface area contributed by atoms with Crippen LogP contribution in [0.4, 0.5) is 0 Å². The first-order chi connectivity index (χ1) is 6.66. The molecular formula is C11H15NO2. The van der Waals surface area contributed by atoms with Crippen molar-refractivity contribution >= 4 is 5.97 Å². The average Bonchev–Trinajstić information content (AvgIpc) is 2.20. The summed E-state index contributed by atoms with van der Waals surface area (Å²) in [7, 11) is 0. The minimum Gasteiger partial charge on any atom is -0.480 e. The van der Waals surface area contributed by atoms with Gasteiger partial charge >= 0.3 is 5.97 Å². The van der Waals surface area contributed by atoms with Crippen LogP contribution >= 0.6 is 0 Å². The van der Waals surface area contributed by atoms with Gasteiger partial charge in [-0.25, -0.2) is 0 Å².